The quantitative estimate of drug-likeness (QED) is 0.563. The lowest BCUT2D eigenvalue weighted by atomic mass is 10.2. The van der Waals surface area contributed by atoms with E-state index >= 15 is 0 Å². The number of hydrogen-bond donors (Lipinski definition) is 0. The fourth-order valence-electron chi connectivity index (χ4n) is 1.25. The molecule has 0 atom stereocenters. The van der Waals surface area contributed by atoms with Gasteiger partial charge in [-0.3, -0.25) is 4.79 Å². The third kappa shape index (κ3) is 3.27. The third-order valence-corrected chi connectivity index (χ3v) is 2.07. The topological polar surface area (TPSA) is 35.5 Å². The molecule has 0 amide bonds. The molecule has 0 aromatic heterocycles. The minimum Gasteiger partial charge on any atom is -0.496 e. The van der Waals surface area contributed by atoms with E-state index in [4.69, 9.17) is 9.47 Å². The van der Waals surface area contributed by atoms with Crippen LogP contribution in [0.1, 0.15) is 25.3 Å². The highest BCUT2D eigenvalue weighted by Crippen LogP contribution is 2.23. The van der Waals surface area contributed by atoms with Gasteiger partial charge in [0.2, 0.25) is 0 Å². The van der Waals surface area contributed by atoms with E-state index in [0.717, 1.165) is 17.7 Å². The van der Waals surface area contributed by atoms with Gasteiger partial charge in [-0.1, -0.05) is 13.0 Å². The minimum atomic E-state index is -0.205. The van der Waals surface area contributed by atoms with Crippen molar-refractivity contribution >= 4 is 5.97 Å². The Labute approximate surface area is 90.0 Å². The number of rotatable bonds is 4. The van der Waals surface area contributed by atoms with Gasteiger partial charge in [-0.15, -0.1) is 0 Å². The van der Waals surface area contributed by atoms with Gasteiger partial charge in [0.1, 0.15) is 11.5 Å². The largest absolute Gasteiger partial charge is 0.496 e. The van der Waals surface area contributed by atoms with Crippen LogP contribution in [0.3, 0.4) is 0 Å². The van der Waals surface area contributed by atoms with Crippen molar-refractivity contribution in [2.75, 3.05) is 7.11 Å². The van der Waals surface area contributed by atoms with Crippen molar-refractivity contribution in [3.8, 4) is 11.5 Å². The summed E-state index contributed by atoms with van der Waals surface area (Å²) in [5.41, 5.74) is 1.02. The zero-order chi connectivity index (χ0) is 11.3. The summed E-state index contributed by atoms with van der Waals surface area (Å²) < 4.78 is 10.3. The second-order valence-electron chi connectivity index (χ2n) is 3.36. The molecule has 0 aliphatic rings. The lowest BCUT2D eigenvalue weighted by Crippen LogP contribution is -2.06. The highest BCUT2D eigenvalue weighted by Gasteiger charge is 2.05. The lowest BCUT2D eigenvalue weighted by molar-refractivity contribution is -0.134. The van der Waals surface area contributed by atoms with Crippen LogP contribution in [0.4, 0.5) is 0 Å². The summed E-state index contributed by atoms with van der Waals surface area (Å²) in [6, 6.07) is 5.36. The standard InChI is InChI=1S/C12H16O3/c1-4-5-12(13)15-10-7-6-9(2)11(8-10)14-3/h6-8H,4-5H2,1-3H3. The molecule has 3 heteroatoms. The molecule has 15 heavy (non-hydrogen) atoms. The summed E-state index contributed by atoms with van der Waals surface area (Å²) in [5.74, 6) is 1.07. The minimum absolute atomic E-state index is 0.205. The second kappa shape index (κ2) is 5.39. The number of methoxy groups -OCH3 is 1. The fraction of sp³-hybridized carbons (Fsp3) is 0.417. The van der Waals surface area contributed by atoms with E-state index in [0.29, 0.717) is 12.2 Å². The predicted octanol–water partition coefficient (Wildman–Crippen LogP) is 2.71. The van der Waals surface area contributed by atoms with Crippen molar-refractivity contribution in [3.63, 3.8) is 0 Å². The number of aryl methyl sites for hydroxylation is 1. The number of hydrogen-bond acceptors (Lipinski definition) is 3. The van der Waals surface area contributed by atoms with Gasteiger partial charge >= 0.3 is 5.97 Å². The maximum absolute atomic E-state index is 11.2. The summed E-state index contributed by atoms with van der Waals surface area (Å²) in [6.45, 7) is 3.88. The van der Waals surface area contributed by atoms with Crippen molar-refractivity contribution in [2.45, 2.75) is 26.7 Å². The molecule has 0 aliphatic heterocycles. The average molecular weight is 208 g/mol. The predicted molar refractivity (Wildman–Crippen MR) is 58.3 cm³/mol. The molecule has 0 heterocycles. The van der Waals surface area contributed by atoms with Crippen molar-refractivity contribution in [3.05, 3.63) is 23.8 Å². The Balaban J connectivity index is 2.74. The molecule has 0 radical (unpaired) electrons. The molecule has 1 aromatic rings. The number of benzene rings is 1. The highest BCUT2D eigenvalue weighted by molar-refractivity contribution is 5.72. The van der Waals surface area contributed by atoms with E-state index in [9.17, 15) is 4.79 Å². The summed E-state index contributed by atoms with van der Waals surface area (Å²) in [6.07, 6.45) is 1.23. The summed E-state index contributed by atoms with van der Waals surface area (Å²) in [4.78, 5) is 11.2. The van der Waals surface area contributed by atoms with Gasteiger partial charge in [0.25, 0.3) is 0 Å². The molecule has 0 spiro atoms. The monoisotopic (exact) mass is 208 g/mol. The third-order valence-electron chi connectivity index (χ3n) is 2.07. The van der Waals surface area contributed by atoms with E-state index < -0.39 is 0 Å². The summed E-state index contributed by atoms with van der Waals surface area (Å²) >= 11 is 0. The summed E-state index contributed by atoms with van der Waals surface area (Å²) in [7, 11) is 1.60. The van der Waals surface area contributed by atoms with E-state index in [2.05, 4.69) is 0 Å². The van der Waals surface area contributed by atoms with Crippen molar-refractivity contribution in [1.29, 1.82) is 0 Å². The van der Waals surface area contributed by atoms with Gasteiger partial charge in [0.15, 0.2) is 0 Å². The number of ether oxygens (including phenoxy) is 2. The first-order chi connectivity index (χ1) is 7.17. The van der Waals surface area contributed by atoms with Crippen LogP contribution in [0.2, 0.25) is 0 Å². The number of carbonyl (C=O) groups excluding carboxylic acids is 1. The van der Waals surface area contributed by atoms with E-state index in [1.165, 1.54) is 0 Å². The SMILES string of the molecule is CCCC(=O)Oc1ccc(C)c(OC)c1. The Morgan fingerprint density at radius 1 is 1.40 bits per heavy atom. The normalized spacial score (nSPS) is 9.80. The van der Waals surface area contributed by atoms with Crippen LogP contribution in [0.25, 0.3) is 0 Å². The zero-order valence-corrected chi connectivity index (χ0v) is 9.37. The van der Waals surface area contributed by atoms with Crippen LogP contribution >= 0.6 is 0 Å². The number of carbonyl (C=O) groups is 1. The Kier molecular flexibility index (Phi) is 4.16. The van der Waals surface area contributed by atoms with Crippen molar-refractivity contribution in [2.24, 2.45) is 0 Å². The smallest absolute Gasteiger partial charge is 0.311 e. The lowest BCUT2D eigenvalue weighted by Gasteiger charge is -2.07. The van der Waals surface area contributed by atoms with Crippen LogP contribution in [0.5, 0.6) is 11.5 Å². The van der Waals surface area contributed by atoms with Crippen molar-refractivity contribution in [1.82, 2.24) is 0 Å². The molecule has 0 unspecified atom stereocenters. The molecule has 3 nitrogen and oxygen atoms in total. The molecular weight excluding hydrogens is 192 g/mol. The second-order valence-corrected chi connectivity index (χ2v) is 3.36. The molecule has 0 fully saturated rings. The van der Waals surface area contributed by atoms with E-state index in [1.54, 1.807) is 19.2 Å². The molecule has 0 bridgehead atoms. The molecule has 0 saturated carbocycles. The van der Waals surface area contributed by atoms with Gasteiger partial charge in [-0.25, -0.2) is 0 Å². The highest BCUT2D eigenvalue weighted by atomic mass is 16.5. The van der Waals surface area contributed by atoms with Crippen LogP contribution in [-0.4, -0.2) is 13.1 Å². The van der Waals surface area contributed by atoms with Gasteiger partial charge in [-0.2, -0.15) is 0 Å². The maximum Gasteiger partial charge on any atom is 0.311 e. The fourth-order valence-corrected chi connectivity index (χ4v) is 1.25. The first-order valence-electron chi connectivity index (χ1n) is 5.02. The first-order valence-corrected chi connectivity index (χ1v) is 5.02. The van der Waals surface area contributed by atoms with Crippen molar-refractivity contribution < 1.29 is 14.3 Å². The van der Waals surface area contributed by atoms with E-state index in [-0.39, 0.29) is 5.97 Å². The molecule has 1 aromatic carbocycles. The zero-order valence-electron chi connectivity index (χ0n) is 9.37. The molecule has 0 aliphatic carbocycles. The Hall–Kier alpha value is -1.51. The molecule has 0 N–H and O–H groups in total. The van der Waals surface area contributed by atoms with Crippen LogP contribution in [-0.2, 0) is 4.79 Å². The van der Waals surface area contributed by atoms with Crippen LogP contribution < -0.4 is 9.47 Å². The van der Waals surface area contributed by atoms with Gasteiger partial charge in [0, 0.05) is 12.5 Å². The van der Waals surface area contributed by atoms with Crippen LogP contribution in [0, 0.1) is 6.92 Å². The molecule has 0 saturated heterocycles. The van der Waals surface area contributed by atoms with E-state index in [1.807, 2.05) is 19.9 Å². The Morgan fingerprint density at radius 2 is 2.13 bits per heavy atom. The maximum atomic E-state index is 11.2. The van der Waals surface area contributed by atoms with Gasteiger partial charge in [0.05, 0.1) is 7.11 Å². The van der Waals surface area contributed by atoms with Gasteiger partial charge < -0.3 is 9.47 Å². The van der Waals surface area contributed by atoms with Gasteiger partial charge in [-0.05, 0) is 25.0 Å². The Bertz CT molecular complexity index is 345. The molecular formula is C12H16O3. The number of esters is 1. The Morgan fingerprint density at radius 3 is 2.73 bits per heavy atom. The summed E-state index contributed by atoms with van der Waals surface area (Å²) in [5, 5.41) is 0. The average Bonchev–Trinajstić information content (AvgIpc) is 2.21. The first kappa shape index (κ1) is 11.6. The van der Waals surface area contributed by atoms with Crippen LogP contribution in [0.15, 0.2) is 18.2 Å². The molecule has 1 rings (SSSR count). The molecule has 82 valence electrons.